The van der Waals surface area contributed by atoms with Gasteiger partial charge < -0.3 is 10.2 Å². The summed E-state index contributed by atoms with van der Waals surface area (Å²) < 4.78 is 0. The Hall–Kier alpha value is -0.590. The number of likely N-dealkylation sites (tertiary alicyclic amines) is 1. The minimum Gasteiger partial charge on any atom is -0.303 e. The first-order chi connectivity index (χ1) is 8.00. The van der Waals surface area contributed by atoms with E-state index < -0.39 is 0 Å². The molecule has 3 heteroatoms. The summed E-state index contributed by atoms with van der Waals surface area (Å²) >= 11 is 0. The van der Waals surface area contributed by atoms with E-state index in [1.807, 2.05) is 14.0 Å². The second-order valence-electron chi connectivity index (χ2n) is 5.89. The minimum atomic E-state index is -0.350. The van der Waals surface area contributed by atoms with Crippen LogP contribution >= 0.6 is 0 Å². The average Bonchev–Trinajstić information content (AvgIpc) is 2.78. The van der Waals surface area contributed by atoms with Crippen molar-refractivity contribution in [3.63, 3.8) is 0 Å². The Morgan fingerprint density at radius 2 is 2.24 bits per heavy atom. The molecule has 2 atom stereocenters. The molecule has 2 unspecified atom stereocenters. The van der Waals surface area contributed by atoms with E-state index in [2.05, 4.69) is 30.1 Å². The van der Waals surface area contributed by atoms with Gasteiger partial charge in [0.2, 0.25) is 0 Å². The van der Waals surface area contributed by atoms with Gasteiger partial charge in [0.25, 0.3) is 0 Å². The Bertz CT molecular complexity index is 269. The van der Waals surface area contributed by atoms with E-state index in [0.29, 0.717) is 0 Å². The summed E-state index contributed by atoms with van der Waals surface area (Å²) in [4.78, 5) is 2.55. The van der Waals surface area contributed by atoms with Crippen molar-refractivity contribution < 1.29 is 0 Å². The highest BCUT2D eigenvalue weighted by atomic mass is 15.1. The van der Waals surface area contributed by atoms with Gasteiger partial charge >= 0.3 is 0 Å². The van der Waals surface area contributed by atoms with Crippen molar-refractivity contribution in [1.29, 1.82) is 5.26 Å². The van der Waals surface area contributed by atoms with Crippen LogP contribution in [0.1, 0.15) is 40.0 Å². The molecule has 0 saturated carbocycles. The van der Waals surface area contributed by atoms with E-state index in [9.17, 15) is 0 Å². The number of nitrogens with zero attached hydrogens (tertiary/aromatic N) is 2. The fourth-order valence-electron chi connectivity index (χ4n) is 2.50. The number of rotatable bonds is 6. The lowest BCUT2D eigenvalue weighted by atomic mass is 9.95. The van der Waals surface area contributed by atoms with Gasteiger partial charge in [-0.15, -0.1) is 0 Å². The van der Waals surface area contributed by atoms with E-state index >= 15 is 0 Å². The second kappa shape index (κ2) is 6.37. The van der Waals surface area contributed by atoms with Gasteiger partial charge in [-0.2, -0.15) is 5.26 Å². The molecule has 1 fully saturated rings. The molecule has 0 aliphatic carbocycles. The highest BCUT2D eigenvalue weighted by molar-refractivity contribution is 5.02. The van der Waals surface area contributed by atoms with Gasteiger partial charge in [0.15, 0.2) is 0 Å². The molecular weight excluding hydrogens is 210 g/mol. The van der Waals surface area contributed by atoms with E-state index in [1.165, 1.54) is 19.5 Å². The number of hydrogen-bond donors (Lipinski definition) is 1. The third kappa shape index (κ3) is 4.29. The lowest BCUT2D eigenvalue weighted by molar-refractivity contribution is 0.286. The molecule has 3 nitrogen and oxygen atoms in total. The van der Waals surface area contributed by atoms with Gasteiger partial charge in [0.1, 0.15) is 5.54 Å². The van der Waals surface area contributed by atoms with Crippen LogP contribution in [0, 0.1) is 23.2 Å². The van der Waals surface area contributed by atoms with Gasteiger partial charge in [0, 0.05) is 6.54 Å². The van der Waals surface area contributed by atoms with Crippen LogP contribution in [-0.4, -0.2) is 37.1 Å². The van der Waals surface area contributed by atoms with Crippen molar-refractivity contribution in [1.82, 2.24) is 10.2 Å². The third-order valence-corrected chi connectivity index (χ3v) is 4.20. The van der Waals surface area contributed by atoms with Crippen molar-refractivity contribution >= 4 is 0 Å². The minimum absolute atomic E-state index is 0.350. The Morgan fingerprint density at radius 1 is 1.53 bits per heavy atom. The molecule has 0 radical (unpaired) electrons. The Balaban J connectivity index is 2.23. The smallest absolute Gasteiger partial charge is 0.103 e. The van der Waals surface area contributed by atoms with Crippen LogP contribution in [0.3, 0.4) is 0 Å². The Morgan fingerprint density at radius 3 is 2.71 bits per heavy atom. The Labute approximate surface area is 106 Å². The molecule has 0 amide bonds. The lowest BCUT2D eigenvalue weighted by Gasteiger charge is -2.23. The molecule has 0 aromatic heterocycles. The predicted molar refractivity (Wildman–Crippen MR) is 71.7 cm³/mol. The van der Waals surface area contributed by atoms with Gasteiger partial charge in [0.05, 0.1) is 6.07 Å². The first-order valence-corrected chi connectivity index (χ1v) is 6.83. The second-order valence-corrected chi connectivity index (χ2v) is 5.89. The number of nitriles is 1. The average molecular weight is 237 g/mol. The molecule has 1 heterocycles. The quantitative estimate of drug-likeness (QED) is 0.770. The molecule has 0 aromatic rings. The largest absolute Gasteiger partial charge is 0.303 e. The standard InChI is InChI=1S/C14H27N3/c1-12(2)13-6-9-17(10-13)8-5-7-14(3,11-15)16-4/h12-13,16H,5-10H2,1-4H3. The van der Waals surface area contributed by atoms with Gasteiger partial charge in [-0.3, -0.25) is 0 Å². The van der Waals surface area contributed by atoms with E-state index in [-0.39, 0.29) is 5.54 Å². The summed E-state index contributed by atoms with van der Waals surface area (Å²) in [6.45, 7) is 10.3. The van der Waals surface area contributed by atoms with Crippen molar-refractivity contribution in [3.05, 3.63) is 0 Å². The lowest BCUT2D eigenvalue weighted by Crippen LogP contribution is -2.38. The first-order valence-electron chi connectivity index (χ1n) is 6.83. The molecule has 0 spiro atoms. The molecule has 1 aliphatic rings. The molecule has 17 heavy (non-hydrogen) atoms. The number of hydrogen-bond acceptors (Lipinski definition) is 3. The van der Waals surface area contributed by atoms with Crippen molar-refractivity contribution in [3.8, 4) is 6.07 Å². The van der Waals surface area contributed by atoms with E-state index in [0.717, 1.165) is 31.2 Å². The molecule has 0 aromatic carbocycles. The maximum Gasteiger partial charge on any atom is 0.103 e. The van der Waals surface area contributed by atoms with Gasteiger partial charge in [-0.25, -0.2) is 0 Å². The fourth-order valence-corrected chi connectivity index (χ4v) is 2.50. The van der Waals surface area contributed by atoms with Crippen LogP contribution in [0.15, 0.2) is 0 Å². The van der Waals surface area contributed by atoms with Gasteiger partial charge in [-0.05, 0) is 58.2 Å². The molecule has 1 N–H and O–H groups in total. The van der Waals surface area contributed by atoms with Crippen molar-refractivity contribution in [2.75, 3.05) is 26.7 Å². The zero-order valence-electron chi connectivity index (χ0n) is 11.8. The highest BCUT2D eigenvalue weighted by Crippen LogP contribution is 2.24. The van der Waals surface area contributed by atoms with Crippen LogP contribution in [-0.2, 0) is 0 Å². The highest BCUT2D eigenvalue weighted by Gasteiger charge is 2.25. The van der Waals surface area contributed by atoms with Crippen LogP contribution in [0.2, 0.25) is 0 Å². The molecule has 0 bridgehead atoms. The summed E-state index contributed by atoms with van der Waals surface area (Å²) in [5.41, 5.74) is -0.350. The third-order valence-electron chi connectivity index (χ3n) is 4.20. The van der Waals surface area contributed by atoms with E-state index in [4.69, 9.17) is 5.26 Å². The summed E-state index contributed by atoms with van der Waals surface area (Å²) in [7, 11) is 1.87. The summed E-state index contributed by atoms with van der Waals surface area (Å²) in [6, 6.07) is 2.35. The molecular formula is C14H27N3. The zero-order valence-corrected chi connectivity index (χ0v) is 11.8. The van der Waals surface area contributed by atoms with Crippen molar-refractivity contribution in [2.24, 2.45) is 11.8 Å². The SMILES string of the molecule is CNC(C)(C#N)CCCN1CCC(C(C)C)C1. The fraction of sp³-hybridized carbons (Fsp3) is 0.929. The monoisotopic (exact) mass is 237 g/mol. The Kier molecular flexibility index (Phi) is 5.42. The summed E-state index contributed by atoms with van der Waals surface area (Å²) in [6.07, 6.45) is 3.39. The zero-order chi connectivity index (χ0) is 12.9. The van der Waals surface area contributed by atoms with Crippen LogP contribution in [0.25, 0.3) is 0 Å². The summed E-state index contributed by atoms with van der Waals surface area (Å²) in [5.74, 6) is 1.68. The molecule has 1 rings (SSSR count). The molecule has 1 aliphatic heterocycles. The maximum absolute atomic E-state index is 9.07. The first kappa shape index (κ1) is 14.5. The van der Waals surface area contributed by atoms with Crippen LogP contribution in [0.5, 0.6) is 0 Å². The molecule has 98 valence electrons. The number of nitrogens with one attached hydrogen (secondary N) is 1. The normalized spacial score (nSPS) is 24.8. The molecule has 1 saturated heterocycles. The van der Waals surface area contributed by atoms with Crippen molar-refractivity contribution in [2.45, 2.75) is 45.6 Å². The topological polar surface area (TPSA) is 39.1 Å². The van der Waals surface area contributed by atoms with Crippen LogP contribution in [0.4, 0.5) is 0 Å². The van der Waals surface area contributed by atoms with Crippen LogP contribution < -0.4 is 5.32 Å². The van der Waals surface area contributed by atoms with Gasteiger partial charge in [-0.1, -0.05) is 13.8 Å². The van der Waals surface area contributed by atoms with E-state index in [1.54, 1.807) is 0 Å². The summed E-state index contributed by atoms with van der Waals surface area (Å²) in [5, 5.41) is 12.2. The predicted octanol–water partition coefficient (Wildman–Crippen LogP) is 2.25. The maximum atomic E-state index is 9.07.